The normalized spacial score (nSPS) is 14.9. The van der Waals surface area contributed by atoms with Crippen molar-refractivity contribution < 1.29 is 9.13 Å². The molecule has 16 heavy (non-hydrogen) atoms. The van der Waals surface area contributed by atoms with E-state index < -0.39 is 5.67 Å². The van der Waals surface area contributed by atoms with Gasteiger partial charge in [0.15, 0.2) is 0 Å². The topological polar surface area (TPSA) is 35.2 Å². The quantitative estimate of drug-likeness (QED) is 0.764. The minimum Gasteiger partial charge on any atom is -0.381 e. The SMILES string of the molecule is COCC(F)(CCCN)CCc1ccsc1. The van der Waals surface area contributed by atoms with Crippen LogP contribution in [0.4, 0.5) is 4.39 Å². The van der Waals surface area contributed by atoms with Crippen molar-refractivity contribution >= 4 is 11.3 Å². The first-order valence-electron chi connectivity index (χ1n) is 5.59. The average Bonchev–Trinajstić information content (AvgIpc) is 2.77. The molecule has 2 nitrogen and oxygen atoms in total. The van der Waals surface area contributed by atoms with Crippen molar-refractivity contribution in [1.29, 1.82) is 0 Å². The lowest BCUT2D eigenvalue weighted by Crippen LogP contribution is -2.30. The number of rotatable bonds is 8. The Balaban J connectivity index is 2.43. The molecule has 0 aliphatic carbocycles. The number of aryl methyl sites for hydroxylation is 1. The predicted octanol–water partition coefficient (Wildman–Crippen LogP) is 2.77. The van der Waals surface area contributed by atoms with Crippen molar-refractivity contribution in [3.05, 3.63) is 22.4 Å². The molecule has 0 aliphatic heterocycles. The van der Waals surface area contributed by atoms with E-state index in [-0.39, 0.29) is 6.61 Å². The highest BCUT2D eigenvalue weighted by atomic mass is 32.1. The second kappa shape index (κ2) is 6.99. The van der Waals surface area contributed by atoms with E-state index in [0.717, 1.165) is 6.42 Å². The Kier molecular flexibility index (Phi) is 5.95. The van der Waals surface area contributed by atoms with E-state index in [2.05, 4.69) is 5.38 Å². The van der Waals surface area contributed by atoms with Crippen molar-refractivity contribution in [1.82, 2.24) is 0 Å². The second-order valence-electron chi connectivity index (χ2n) is 4.11. The fourth-order valence-corrected chi connectivity index (χ4v) is 2.45. The van der Waals surface area contributed by atoms with Gasteiger partial charge in [0.05, 0.1) is 6.61 Å². The van der Waals surface area contributed by atoms with Gasteiger partial charge in [0, 0.05) is 7.11 Å². The van der Waals surface area contributed by atoms with E-state index >= 15 is 0 Å². The van der Waals surface area contributed by atoms with Gasteiger partial charge in [0.25, 0.3) is 0 Å². The second-order valence-corrected chi connectivity index (χ2v) is 4.89. The Morgan fingerprint density at radius 1 is 1.50 bits per heavy atom. The van der Waals surface area contributed by atoms with E-state index in [0.29, 0.717) is 25.8 Å². The summed E-state index contributed by atoms with van der Waals surface area (Å²) in [5.74, 6) is 0. The highest BCUT2D eigenvalue weighted by Gasteiger charge is 2.28. The lowest BCUT2D eigenvalue weighted by molar-refractivity contribution is 0.0270. The molecule has 0 saturated heterocycles. The van der Waals surface area contributed by atoms with Crippen LogP contribution in [-0.2, 0) is 11.2 Å². The van der Waals surface area contributed by atoms with E-state index in [1.165, 1.54) is 5.56 Å². The van der Waals surface area contributed by atoms with E-state index in [1.807, 2.05) is 11.4 Å². The fourth-order valence-electron chi connectivity index (χ4n) is 1.75. The lowest BCUT2D eigenvalue weighted by Gasteiger charge is -2.24. The highest BCUT2D eigenvalue weighted by molar-refractivity contribution is 7.07. The number of nitrogens with two attached hydrogens (primary N) is 1. The van der Waals surface area contributed by atoms with Gasteiger partial charge >= 0.3 is 0 Å². The third-order valence-corrected chi connectivity index (χ3v) is 3.41. The number of hydrogen-bond donors (Lipinski definition) is 1. The predicted molar refractivity (Wildman–Crippen MR) is 66.6 cm³/mol. The maximum Gasteiger partial charge on any atom is 0.134 e. The molecule has 1 heterocycles. The molecule has 0 aromatic carbocycles. The van der Waals surface area contributed by atoms with E-state index in [9.17, 15) is 4.39 Å². The van der Waals surface area contributed by atoms with Crippen LogP contribution in [-0.4, -0.2) is 25.9 Å². The van der Waals surface area contributed by atoms with Gasteiger partial charge in [-0.25, -0.2) is 4.39 Å². The smallest absolute Gasteiger partial charge is 0.134 e. The summed E-state index contributed by atoms with van der Waals surface area (Å²) in [7, 11) is 1.54. The van der Waals surface area contributed by atoms with E-state index in [1.54, 1.807) is 18.4 Å². The minimum atomic E-state index is -1.23. The summed E-state index contributed by atoms with van der Waals surface area (Å²) in [5, 5.41) is 4.08. The maximum atomic E-state index is 14.4. The van der Waals surface area contributed by atoms with Gasteiger partial charge in [0.1, 0.15) is 5.67 Å². The van der Waals surface area contributed by atoms with Gasteiger partial charge in [-0.3, -0.25) is 0 Å². The summed E-state index contributed by atoms with van der Waals surface area (Å²) in [6.45, 7) is 0.699. The first-order chi connectivity index (χ1) is 7.70. The van der Waals surface area contributed by atoms with Crippen LogP contribution in [0.1, 0.15) is 24.8 Å². The van der Waals surface area contributed by atoms with Crippen LogP contribution < -0.4 is 5.73 Å². The standard InChI is InChI=1S/C12H20FNOS/c1-15-10-12(13,5-2-7-14)6-3-11-4-8-16-9-11/h4,8-9H,2-3,5-7,10,14H2,1H3. The molecule has 92 valence electrons. The molecule has 0 amide bonds. The minimum absolute atomic E-state index is 0.164. The summed E-state index contributed by atoms with van der Waals surface area (Å²) < 4.78 is 19.4. The summed E-state index contributed by atoms with van der Waals surface area (Å²) in [4.78, 5) is 0. The fraction of sp³-hybridized carbons (Fsp3) is 0.667. The Morgan fingerprint density at radius 3 is 2.88 bits per heavy atom. The molecular weight excluding hydrogens is 225 g/mol. The van der Waals surface area contributed by atoms with Crippen molar-refractivity contribution in [2.24, 2.45) is 5.73 Å². The van der Waals surface area contributed by atoms with Crippen molar-refractivity contribution in [2.75, 3.05) is 20.3 Å². The highest BCUT2D eigenvalue weighted by Crippen LogP contribution is 2.25. The number of alkyl halides is 1. The first kappa shape index (κ1) is 13.6. The van der Waals surface area contributed by atoms with Crippen LogP contribution in [0.3, 0.4) is 0 Å². The van der Waals surface area contributed by atoms with Crippen molar-refractivity contribution in [2.45, 2.75) is 31.4 Å². The maximum absolute atomic E-state index is 14.4. The largest absolute Gasteiger partial charge is 0.381 e. The zero-order valence-electron chi connectivity index (χ0n) is 9.75. The van der Waals surface area contributed by atoms with Crippen LogP contribution in [0.15, 0.2) is 16.8 Å². The summed E-state index contributed by atoms with van der Waals surface area (Å²) in [6.07, 6.45) is 2.48. The monoisotopic (exact) mass is 245 g/mol. The zero-order valence-corrected chi connectivity index (χ0v) is 10.6. The Labute approximate surface area is 101 Å². The average molecular weight is 245 g/mol. The van der Waals surface area contributed by atoms with Crippen LogP contribution >= 0.6 is 11.3 Å². The molecule has 1 unspecified atom stereocenters. The van der Waals surface area contributed by atoms with Gasteiger partial charge in [-0.15, -0.1) is 0 Å². The molecular formula is C12H20FNOS. The van der Waals surface area contributed by atoms with Gasteiger partial charge < -0.3 is 10.5 Å². The number of methoxy groups -OCH3 is 1. The third-order valence-electron chi connectivity index (χ3n) is 2.67. The molecule has 1 rings (SSSR count). The molecule has 2 N–H and O–H groups in total. The first-order valence-corrected chi connectivity index (χ1v) is 6.53. The lowest BCUT2D eigenvalue weighted by atomic mass is 9.93. The molecule has 0 spiro atoms. The summed E-state index contributed by atoms with van der Waals surface area (Å²) in [6, 6.07) is 2.04. The number of hydrogen-bond acceptors (Lipinski definition) is 3. The molecule has 0 saturated carbocycles. The number of halogens is 1. The molecule has 0 fully saturated rings. The summed E-state index contributed by atoms with van der Waals surface area (Å²) in [5.41, 5.74) is 5.40. The van der Waals surface area contributed by atoms with Gasteiger partial charge in [0.2, 0.25) is 0 Å². The molecule has 1 aromatic heterocycles. The van der Waals surface area contributed by atoms with Crippen molar-refractivity contribution in [3.63, 3.8) is 0 Å². The Hall–Kier alpha value is -0.450. The molecule has 1 atom stereocenters. The molecule has 1 aromatic rings. The zero-order chi connectivity index (χ0) is 11.9. The number of ether oxygens (including phenoxy) is 1. The molecule has 0 aliphatic rings. The molecule has 0 bridgehead atoms. The Morgan fingerprint density at radius 2 is 2.31 bits per heavy atom. The van der Waals surface area contributed by atoms with Crippen LogP contribution in [0.25, 0.3) is 0 Å². The number of thiophene rings is 1. The molecule has 0 radical (unpaired) electrons. The van der Waals surface area contributed by atoms with Gasteiger partial charge in [-0.1, -0.05) is 0 Å². The van der Waals surface area contributed by atoms with Crippen LogP contribution in [0.2, 0.25) is 0 Å². The molecule has 4 heteroatoms. The third kappa shape index (κ3) is 4.60. The van der Waals surface area contributed by atoms with Gasteiger partial charge in [-0.2, -0.15) is 11.3 Å². The van der Waals surface area contributed by atoms with Crippen LogP contribution in [0, 0.1) is 0 Å². The Bertz CT molecular complexity index is 279. The van der Waals surface area contributed by atoms with Gasteiger partial charge in [-0.05, 0) is 54.6 Å². The summed E-state index contributed by atoms with van der Waals surface area (Å²) >= 11 is 1.65. The van der Waals surface area contributed by atoms with Crippen molar-refractivity contribution in [3.8, 4) is 0 Å². The van der Waals surface area contributed by atoms with E-state index in [4.69, 9.17) is 10.5 Å². The van der Waals surface area contributed by atoms with Crippen LogP contribution in [0.5, 0.6) is 0 Å².